The molecule has 2 aromatic heterocycles. The first-order valence-electron chi connectivity index (χ1n) is 9.09. The van der Waals surface area contributed by atoms with Gasteiger partial charge >= 0.3 is 0 Å². The van der Waals surface area contributed by atoms with Gasteiger partial charge in [0.15, 0.2) is 5.78 Å². The van der Waals surface area contributed by atoms with Crippen LogP contribution in [0.4, 0.5) is 0 Å². The van der Waals surface area contributed by atoms with Crippen molar-refractivity contribution in [3.05, 3.63) is 78.4 Å². The maximum Gasteiger partial charge on any atom is 0.159 e. The van der Waals surface area contributed by atoms with Gasteiger partial charge in [-0.3, -0.25) is 14.3 Å². The van der Waals surface area contributed by atoms with E-state index in [0.717, 1.165) is 33.7 Å². The van der Waals surface area contributed by atoms with Gasteiger partial charge in [-0.15, -0.1) is 0 Å². The third-order valence-corrected chi connectivity index (χ3v) is 4.70. The van der Waals surface area contributed by atoms with Crippen LogP contribution in [0.25, 0.3) is 27.8 Å². The molecular formula is C23H21N3O. The van der Waals surface area contributed by atoms with Crippen LogP contribution in [-0.4, -0.2) is 20.3 Å². The molecule has 0 saturated heterocycles. The zero-order valence-electron chi connectivity index (χ0n) is 15.7. The van der Waals surface area contributed by atoms with Crippen molar-refractivity contribution in [3.63, 3.8) is 0 Å². The van der Waals surface area contributed by atoms with Gasteiger partial charge < -0.3 is 0 Å². The van der Waals surface area contributed by atoms with Crippen LogP contribution in [0.15, 0.2) is 67.0 Å². The van der Waals surface area contributed by atoms with Gasteiger partial charge in [0, 0.05) is 35.1 Å². The molecule has 0 saturated carbocycles. The van der Waals surface area contributed by atoms with Crippen molar-refractivity contribution in [2.75, 3.05) is 0 Å². The third-order valence-electron chi connectivity index (χ3n) is 4.70. The number of benzene rings is 2. The molecule has 4 aromatic rings. The normalized spacial score (nSPS) is 11.3. The van der Waals surface area contributed by atoms with Crippen molar-refractivity contribution in [3.8, 4) is 16.8 Å². The van der Waals surface area contributed by atoms with Gasteiger partial charge in [0.25, 0.3) is 0 Å². The number of nitrogens with zero attached hydrogens (tertiary/aromatic N) is 3. The molecule has 0 aliphatic rings. The van der Waals surface area contributed by atoms with Crippen molar-refractivity contribution in [1.29, 1.82) is 0 Å². The van der Waals surface area contributed by atoms with Gasteiger partial charge in [-0.1, -0.05) is 32.0 Å². The molecule has 4 rings (SSSR count). The summed E-state index contributed by atoms with van der Waals surface area (Å²) in [6.45, 7) is 5.85. The number of aromatic nitrogens is 3. The number of pyridine rings is 1. The van der Waals surface area contributed by atoms with E-state index in [9.17, 15) is 4.79 Å². The summed E-state index contributed by atoms with van der Waals surface area (Å²) in [6.07, 6.45) is 3.65. The molecule has 0 atom stereocenters. The van der Waals surface area contributed by atoms with Crippen LogP contribution in [0.2, 0.25) is 0 Å². The second-order valence-corrected chi connectivity index (χ2v) is 7.01. The second kappa shape index (κ2) is 6.80. The average Bonchev–Trinajstić information content (AvgIpc) is 3.08. The number of carbonyl (C=O) groups excluding carboxylic acids is 1. The van der Waals surface area contributed by atoms with Gasteiger partial charge in [0.1, 0.15) is 5.82 Å². The van der Waals surface area contributed by atoms with E-state index in [1.807, 2.05) is 30.5 Å². The Labute approximate surface area is 158 Å². The van der Waals surface area contributed by atoms with Crippen LogP contribution in [0, 0.1) is 0 Å². The van der Waals surface area contributed by atoms with Crippen LogP contribution >= 0.6 is 0 Å². The molecular weight excluding hydrogens is 334 g/mol. The van der Waals surface area contributed by atoms with Crippen LogP contribution in [0.3, 0.4) is 0 Å². The van der Waals surface area contributed by atoms with E-state index in [4.69, 9.17) is 4.98 Å². The molecule has 0 aliphatic carbocycles. The Morgan fingerprint density at radius 2 is 1.81 bits per heavy atom. The van der Waals surface area contributed by atoms with Gasteiger partial charge in [0.05, 0.1) is 11.0 Å². The largest absolute Gasteiger partial charge is 0.296 e. The molecule has 0 aliphatic heterocycles. The minimum Gasteiger partial charge on any atom is -0.296 e. The highest BCUT2D eigenvalue weighted by Crippen LogP contribution is 2.29. The van der Waals surface area contributed by atoms with Crippen molar-refractivity contribution in [2.45, 2.75) is 26.7 Å². The first kappa shape index (κ1) is 17.2. The molecule has 0 fully saturated rings. The molecule has 0 amide bonds. The molecule has 0 bridgehead atoms. The van der Waals surface area contributed by atoms with Crippen molar-refractivity contribution in [1.82, 2.24) is 14.5 Å². The summed E-state index contributed by atoms with van der Waals surface area (Å²) < 4.78 is 2.18. The topological polar surface area (TPSA) is 47.8 Å². The monoisotopic (exact) mass is 355 g/mol. The van der Waals surface area contributed by atoms with Crippen LogP contribution < -0.4 is 0 Å². The quantitative estimate of drug-likeness (QED) is 0.460. The molecule has 0 radical (unpaired) electrons. The van der Waals surface area contributed by atoms with Gasteiger partial charge in [-0.25, -0.2) is 4.98 Å². The Morgan fingerprint density at radius 1 is 1.00 bits per heavy atom. The summed E-state index contributed by atoms with van der Waals surface area (Å²) >= 11 is 0. The molecule has 2 heterocycles. The van der Waals surface area contributed by atoms with E-state index in [2.05, 4.69) is 53.7 Å². The second-order valence-electron chi connectivity index (χ2n) is 7.01. The molecule has 0 N–H and O–H groups in total. The standard InChI is InChI=1S/C23H21N3O/c1-15(2)23-25-21-13-17(16(3)27)9-10-22(21)26(23)20-8-4-6-18(12-20)19-7-5-11-24-14-19/h4-15H,1-3H3. The number of fused-ring (bicyclic) bond motifs is 1. The zero-order chi connectivity index (χ0) is 19.0. The molecule has 4 nitrogen and oxygen atoms in total. The lowest BCUT2D eigenvalue weighted by Gasteiger charge is -2.13. The third kappa shape index (κ3) is 3.14. The Morgan fingerprint density at radius 3 is 2.52 bits per heavy atom. The highest BCUT2D eigenvalue weighted by molar-refractivity contribution is 5.97. The fourth-order valence-corrected chi connectivity index (χ4v) is 3.33. The summed E-state index contributed by atoms with van der Waals surface area (Å²) in [5.41, 5.74) is 5.78. The van der Waals surface area contributed by atoms with E-state index in [0.29, 0.717) is 5.56 Å². The summed E-state index contributed by atoms with van der Waals surface area (Å²) in [4.78, 5) is 20.8. The fourth-order valence-electron chi connectivity index (χ4n) is 3.33. The van der Waals surface area contributed by atoms with Gasteiger partial charge in [0.2, 0.25) is 0 Å². The number of carbonyl (C=O) groups is 1. The zero-order valence-corrected chi connectivity index (χ0v) is 15.7. The number of rotatable bonds is 4. The van der Waals surface area contributed by atoms with Crippen LogP contribution in [0.5, 0.6) is 0 Å². The molecule has 4 heteroatoms. The smallest absolute Gasteiger partial charge is 0.159 e. The number of hydrogen-bond donors (Lipinski definition) is 0. The SMILES string of the molecule is CC(=O)c1ccc2c(c1)nc(C(C)C)n2-c1cccc(-c2cccnc2)c1. The summed E-state index contributed by atoms with van der Waals surface area (Å²) in [5, 5.41) is 0. The minimum atomic E-state index is 0.0520. The highest BCUT2D eigenvalue weighted by atomic mass is 16.1. The van der Waals surface area contributed by atoms with E-state index in [-0.39, 0.29) is 11.7 Å². The van der Waals surface area contributed by atoms with E-state index in [1.54, 1.807) is 13.1 Å². The lowest BCUT2D eigenvalue weighted by molar-refractivity contribution is 0.101. The predicted octanol–water partition coefficient (Wildman–Crippen LogP) is 5.41. The van der Waals surface area contributed by atoms with Crippen molar-refractivity contribution in [2.24, 2.45) is 0 Å². The first-order chi connectivity index (χ1) is 13.0. The predicted molar refractivity (Wildman–Crippen MR) is 108 cm³/mol. The molecule has 0 unspecified atom stereocenters. The van der Waals surface area contributed by atoms with E-state index < -0.39 is 0 Å². The fraction of sp³-hybridized carbons (Fsp3) is 0.174. The maximum absolute atomic E-state index is 11.7. The first-order valence-corrected chi connectivity index (χ1v) is 9.09. The minimum absolute atomic E-state index is 0.0520. The molecule has 27 heavy (non-hydrogen) atoms. The summed E-state index contributed by atoms with van der Waals surface area (Å²) in [6, 6.07) is 18.1. The Bertz CT molecular complexity index is 1130. The Balaban J connectivity index is 1.93. The van der Waals surface area contributed by atoms with Crippen LogP contribution in [0.1, 0.15) is 42.9 Å². The number of hydrogen-bond acceptors (Lipinski definition) is 3. The lowest BCUT2D eigenvalue weighted by Crippen LogP contribution is -2.03. The average molecular weight is 355 g/mol. The Hall–Kier alpha value is -3.27. The Kier molecular flexibility index (Phi) is 4.32. The highest BCUT2D eigenvalue weighted by Gasteiger charge is 2.16. The summed E-state index contributed by atoms with van der Waals surface area (Å²) in [7, 11) is 0. The van der Waals surface area contributed by atoms with Crippen LogP contribution in [-0.2, 0) is 0 Å². The maximum atomic E-state index is 11.7. The van der Waals surface area contributed by atoms with Gasteiger partial charge in [-0.2, -0.15) is 0 Å². The number of ketones is 1. The summed E-state index contributed by atoms with van der Waals surface area (Å²) in [5.74, 6) is 1.28. The van der Waals surface area contributed by atoms with E-state index in [1.165, 1.54) is 0 Å². The molecule has 134 valence electrons. The van der Waals surface area contributed by atoms with E-state index >= 15 is 0 Å². The number of imidazole rings is 1. The van der Waals surface area contributed by atoms with Gasteiger partial charge in [-0.05, 0) is 48.9 Å². The number of Topliss-reactive ketones (excluding diaryl/α,β-unsaturated/α-hetero) is 1. The molecule has 2 aromatic carbocycles. The van der Waals surface area contributed by atoms with Crippen molar-refractivity contribution >= 4 is 16.8 Å². The molecule has 0 spiro atoms. The van der Waals surface area contributed by atoms with Crippen molar-refractivity contribution < 1.29 is 4.79 Å². The lowest BCUT2D eigenvalue weighted by atomic mass is 10.1.